The topological polar surface area (TPSA) is 21.3 Å². The lowest BCUT2D eigenvalue weighted by molar-refractivity contribution is 0.0564. The number of rotatable bonds is 6. The lowest BCUT2D eigenvalue weighted by Crippen LogP contribution is -2.31. The Morgan fingerprint density at radius 1 is 1.06 bits per heavy atom. The van der Waals surface area contributed by atoms with Gasteiger partial charge >= 0.3 is 0 Å². The van der Waals surface area contributed by atoms with Crippen LogP contribution in [0.5, 0.6) is 0 Å². The van der Waals surface area contributed by atoms with Crippen molar-refractivity contribution in [1.82, 2.24) is 5.32 Å². The van der Waals surface area contributed by atoms with Crippen LogP contribution in [-0.2, 0) is 4.74 Å². The summed E-state index contributed by atoms with van der Waals surface area (Å²) < 4.78 is 5.41. The van der Waals surface area contributed by atoms with Crippen molar-refractivity contribution in [3.8, 4) is 0 Å². The first-order valence-electron chi connectivity index (χ1n) is 6.90. The lowest BCUT2D eigenvalue weighted by atomic mass is 9.83. The minimum Gasteiger partial charge on any atom is -0.381 e. The van der Waals surface area contributed by atoms with Gasteiger partial charge in [0.1, 0.15) is 0 Å². The summed E-state index contributed by atoms with van der Waals surface area (Å²) in [7, 11) is 0. The summed E-state index contributed by atoms with van der Waals surface area (Å²) in [4.78, 5) is 0. The standard InChI is InChI=1S/C14H29NO/c1-11(2)15-10-13(4)12(3)9-14-5-7-16-8-6-14/h11-15H,5-10H2,1-4H3. The van der Waals surface area contributed by atoms with Crippen LogP contribution in [0.15, 0.2) is 0 Å². The van der Waals surface area contributed by atoms with Gasteiger partial charge in [-0.1, -0.05) is 27.7 Å². The Hall–Kier alpha value is -0.0800. The van der Waals surface area contributed by atoms with E-state index >= 15 is 0 Å². The molecule has 0 saturated carbocycles. The quantitative estimate of drug-likeness (QED) is 0.753. The predicted molar refractivity (Wildman–Crippen MR) is 69.6 cm³/mol. The molecule has 0 aromatic heterocycles. The Morgan fingerprint density at radius 3 is 2.25 bits per heavy atom. The van der Waals surface area contributed by atoms with E-state index in [9.17, 15) is 0 Å². The van der Waals surface area contributed by atoms with Crippen molar-refractivity contribution in [1.29, 1.82) is 0 Å². The Morgan fingerprint density at radius 2 is 1.69 bits per heavy atom. The van der Waals surface area contributed by atoms with Crippen LogP contribution in [0.4, 0.5) is 0 Å². The second-order valence-corrected chi connectivity index (χ2v) is 5.81. The highest BCUT2D eigenvalue weighted by atomic mass is 16.5. The Balaban J connectivity index is 2.19. The van der Waals surface area contributed by atoms with Gasteiger partial charge in [0.2, 0.25) is 0 Å². The average Bonchev–Trinajstić information content (AvgIpc) is 2.27. The maximum atomic E-state index is 5.41. The van der Waals surface area contributed by atoms with Gasteiger partial charge in [-0.3, -0.25) is 0 Å². The van der Waals surface area contributed by atoms with E-state index in [1.54, 1.807) is 0 Å². The smallest absolute Gasteiger partial charge is 0.0468 e. The molecule has 1 N–H and O–H groups in total. The normalized spacial score (nSPS) is 22.3. The van der Waals surface area contributed by atoms with Gasteiger partial charge in [-0.15, -0.1) is 0 Å². The molecule has 1 rings (SSSR count). The molecule has 96 valence electrons. The number of nitrogens with one attached hydrogen (secondary N) is 1. The van der Waals surface area contributed by atoms with Gasteiger partial charge in [0.05, 0.1) is 0 Å². The molecule has 1 saturated heterocycles. The summed E-state index contributed by atoms with van der Waals surface area (Å²) in [6, 6.07) is 0.609. The predicted octanol–water partition coefficient (Wildman–Crippen LogP) is 3.07. The van der Waals surface area contributed by atoms with E-state index in [-0.39, 0.29) is 0 Å². The third-order valence-corrected chi connectivity index (χ3v) is 3.87. The summed E-state index contributed by atoms with van der Waals surface area (Å²) in [5, 5.41) is 3.54. The zero-order valence-electron chi connectivity index (χ0n) is 11.5. The first kappa shape index (κ1) is 14.0. The fourth-order valence-corrected chi connectivity index (χ4v) is 2.36. The summed E-state index contributed by atoms with van der Waals surface area (Å²) in [5.74, 6) is 2.52. The second-order valence-electron chi connectivity index (χ2n) is 5.81. The largest absolute Gasteiger partial charge is 0.381 e. The van der Waals surface area contributed by atoms with E-state index in [1.165, 1.54) is 19.3 Å². The Kier molecular flexibility index (Phi) is 6.37. The molecule has 0 spiro atoms. The third-order valence-electron chi connectivity index (χ3n) is 3.87. The van der Waals surface area contributed by atoms with Gasteiger partial charge in [-0.05, 0) is 43.6 Å². The lowest BCUT2D eigenvalue weighted by Gasteiger charge is -2.28. The van der Waals surface area contributed by atoms with Crippen molar-refractivity contribution in [2.24, 2.45) is 17.8 Å². The van der Waals surface area contributed by atoms with Crippen LogP contribution in [0.25, 0.3) is 0 Å². The van der Waals surface area contributed by atoms with Crippen molar-refractivity contribution in [3.63, 3.8) is 0 Å². The van der Waals surface area contributed by atoms with Crippen LogP contribution in [0.2, 0.25) is 0 Å². The summed E-state index contributed by atoms with van der Waals surface area (Å²) >= 11 is 0. The third kappa shape index (κ3) is 5.31. The molecule has 2 heteroatoms. The van der Waals surface area contributed by atoms with Gasteiger partial charge in [-0.25, -0.2) is 0 Å². The fraction of sp³-hybridized carbons (Fsp3) is 1.00. The molecule has 2 nitrogen and oxygen atoms in total. The highest BCUT2D eigenvalue weighted by Gasteiger charge is 2.20. The van der Waals surface area contributed by atoms with Crippen LogP contribution in [0.3, 0.4) is 0 Å². The molecule has 2 atom stereocenters. The molecule has 1 heterocycles. The molecule has 1 aliphatic heterocycles. The maximum absolute atomic E-state index is 5.41. The van der Waals surface area contributed by atoms with Gasteiger partial charge < -0.3 is 10.1 Å². The van der Waals surface area contributed by atoms with Gasteiger partial charge in [0.25, 0.3) is 0 Å². The van der Waals surface area contributed by atoms with E-state index in [0.29, 0.717) is 6.04 Å². The van der Waals surface area contributed by atoms with Gasteiger partial charge in [-0.2, -0.15) is 0 Å². The highest BCUT2D eigenvalue weighted by Crippen LogP contribution is 2.26. The number of hydrogen-bond donors (Lipinski definition) is 1. The molecule has 0 aromatic rings. The highest BCUT2D eigenvalue weighted by molar-refractivity contribution is 4.72. The summed E-state index contributed by atoms with van der Waals surface area (Å²) in [6.45, 7) is 12.3. The van der Waals surface area contributed by atoms with Crippen molar-refractivity contribution in [2.45, 2.75) is 53.0 Å². The molecule has 16 heavy (non-hydrogen) atoms. The molecule has 0 bridgehead atoms. The molecule has 1 aliphatic rings. The van der Waals surface area contributed by atoms with Crippen molar-refractivity contribution >= 4 is 0 Å². The minimum absolute atomic E-state index is 0.609. The van der Waals surface area contributed by atoms with Gasteiger partial charge in [0, 0.05) is 19.3 Å². The van der Waals surface area contributed by atoms with Crippen molar-refractivity contribution < 1.29 is 4.74 Å². The van der Waals surface area contributed by atoms with Crippen LogP contribution >= 0.6 is 0 Å². The van der Waals surface area contributed by atoms with Crippen molar-refractivity contribution in [2.75, 3.05) is 19.8 Å². The number of ether oxygens (including phenoxy) is 1. The first-order valence-corrected chi connectivity index (χ1v) is 6.90. The molecule has 0 radical (unpaired) electrons. The average molecular weight is 227 g/mol. The molecular weight excluding hydrogens is 198 g/mol. The zero-order chi connectivity index (χ0) is 12.0. The summed E-state index contributed by atoms with van der Waals surface area (Å²) in [6.07, 6.45) is 3.92. The SMILES string of the molecule is CC(C)NCC(C)C(C)CC1CCOCC1. The van der Waals surface area contributed by atoms with Crippen LogP contribution in [0, 0.1) is 17.8 Å². The maximum Gasteiger partial charge on any atom is 0.0468 e. The molecule has 1 fully saturated rings. The first-order chi connectivity index (χ1) is 7.59. The fourth-order valence-electron chi connectivity index (χ4n) is 2.36. The molecule has 0 aliphatic carbocycles. The number of hydrogen-bond acceptors (Lipinski definition) is 2. The minimum atomic E-state index is 0.609. The van der Waals surface area contributed by atoms with Crippen LogP contribution in [0.1, 0.15) is 47.0 Å². The molecular formula is C14H29NO. The Labute approximate surface area is 101 Å². The monoisotopic (exact) mass is 227 g/mol. The molecule has 0 aromatic carbocycles. The van der Waals surface area contributed by atoms with E-state index in [1.807, 2.05) is 0 Å². The molecule has 2 unspecified atom stereocenters. The van der Waals surface area contributed by atoms with Crippen molar-refractivity contribution in [3.05, 3.63) is 0 Å². The van der Waals surface area contributed by atoms with E-state index < -0.39 is 0 Å². The summed E-state index contributed by atoms with van der Waals surface area (Å²) in [5.41, 5.74) is 0. The van der Waals surface area contributed by atoms with Crippen LogP contribution in [-0.4, -0.2) is 25.8 Å². The zero-order valence-corrected chi connectivity index (χ0v) is 11.5. The van der Waals surface area contributed by atoms with E-state index in [0.717, 1.165) is 37.5 Å². The van der Waals surface area contributed by atoms with E-state index in [2.05, 4.69) is 33.0 Å². The van der Waals surface area contributed by atoms with E-state index in [4.69, 9.17) is 4.74 Å². The Bertz CT molecular complexity index is 176. The molecule has 0 amide bonds. The van der Waals surface area contributed by atoms with Gasteiger partial charge in [0.15, 0.2) is 0 Å². The van der Waals surface area contributed by atoms with Crippen LogP contribution < -0.4 is 5.32 Å². The second kappa shape index (κ2) is 7.29.